The molecule has 1 aliphatic rings. The van der Waals surface area contributed by atoms with Crippen LogP contribution in [0.4, 0.5) is 0 Å². The lowest BCUT2D eigenvalue weighted by Gasteiger charge is -2.23. The van der Waals surface area contributed by atoms with Crippen LogP contribution in [-0.2, 0) is 11.3 Å². The first kappa shape index (κ1) is 20.6. The summed E-state index contributed by atoms with van der Waals surface area (Å²) in [6.07, 6.45) is 4.72. The molecule has 1 saturated carbocycles. The van der Waals surface area contributed by atoms with E-state index < -0.39 is 35.3 Å². The largest absolute Gasteiger partial charge is 0.505 e. The van der Waals surface area contributed by atoms with Crippen molar-refractivity contribution in [2.45, 2.75) is 51.5 Å². The van der Waals surface area contributed by atoms with Crippen molar-refractivity contribution in [3.63, 3.8) is 0 Å². The fraction of sp³-hybridized carbons (Fsp3) is 0.429. The highest BCUT2D eigenvalue weighted by molar-refractivity contribution is 5.98. The van der Waals surface area contributed by atoms with Crippen molar-refractivity contribution in [2.75, 3.05) is 6.54 Å². The number of carboxylic acid groups (broad SMARTS) is 1. The van der Waals surface area contributed by atoms with E-state index in [0.717, 1.165) is 43.2 Å². The monoisotopic (exact) mass is 399 g/mol. The maximum Gasteiger partial charge on any atom is 0.322 e. The van der Waals surface area contributed by atoms with Crippen LogP contribution in [-0.4, -0.2) is 38.4 Å². The van der Waals surface area contributed by atoms with Crippen LogP contribution >= 0.6 is 0 Å². The SMILES string of the molecule is Cc1ccccc1Cn1nc(C2CCCCC2)c(O)c(C(=O)NCC(=O)O)c1=O. The minimum Gasteiger partial charge on any atom is -0.505 e. The van der Waals surface area contributed by atoms with Gasteiger partial charge in [0.15, 0.2) is 5.75 Å². The summed E-state index contributed by atoms with van der Waals surface area (Å²) in [7, 11) is 0. The average Bonchev–Trinajstić information content (AvgIpc) is 2.70. The molecular formula is C21H25N3O5. The maximum absolute atomic E-state index is 13.0. The number of carbonyl (C=O) groups is 2. The van der Waals surface area contributed by atoms with Gasteiger partial charge in [-0.15, -0.1) is 0 Å². The van der Waals surface area contributed by atoms with Gasteiger partial charge in [0.1, 0.15) is 17.8 Å². The molecule has 1 heterocycles. The first-order valence-electron chi connectivity index (χ1n) is 9.77. The van der Waals surface area contributed by atoms with Crippen LogP contribution in [0.2, 0.25) is 0 Å². The standard InChI is InChI=1S/C21H25N3O5/c1-13-7-5-6-10-15(13)12-24-21(29)17(20(28)22-11-16(25)26)19(27)18(23-24)14-8-3-2-4-9-14/h5-7,10,14,27H,2-4,8-9,11-12H2,1H3,(H,22,28)(H,25,26). The zero-order valence-electron chi connectivity index (χ0n) is 16.4. The van der Waals surface area contributed by atoms with Crippen molar-refractivity contribution in [1.82, 2.24) is 15.1 Å². The van der Waals surface area contributed by atoms with Crippen molar-refractivity contribution >= 4 is 11.9 Å². The van der Waals surface area contributed by atoms with Gasteiger partial charge in [-0.25, -0.2) is 4.68 Å². The molecule has 0 bridgehead atoms. The molecule has 1 aromatic heterocycles. The van der Waals surface area contributed by atoms with E-state index in [2.05, 4.69) is 10.4 Å². The van der Waals surface area contributed by atoms with Gasteiger partial charge in [0.05, 0.1) is 6.54 Å². The topological polar surface area (TPSA) is 122 Å². The Bertz CT molecular complexity index is 977. The summed E-state index contributed by atoms with van der Waals surface area (Å²) in [6.45, 7) is 1.44. The maximum atomic E-state index is 13.0. The fourth-order valence-corrected chi connectivity index (χ4v) is 3.74. The first-order chi connectivity index (χ1) is 13.9. The predicted octanol–water partition coefficient (Wildman–Crippen LogP) is 2.17. The molecule has 3 N–H and O–H groups in total. The van der Waals surface area contributed by atoms with Gasteiger partial charge in [-0.2, -0.15) is 5.10 Å². The molecule has 8 nitrogen and oxygen atoms in total. The van der Waals surface area contributed by atoms with Gasteiger partial charge in [0.2, 0.25) is 0 Å². The molecule has 154 valence electrons. The van der Waals surface area contributed by atoms with Crippen molar-refractivity contribution < 1.29 is 19.8 Å². The normalized spacial score (nSPS) is 14.5. The predicted molar refractivity (Wildman–Crippen MR) is 106 cm³/mol. The lowest BCUT2D eigenvalue weighted by molar-refractivity contribution is -0.135. The Kier molecular flexibility index (Phi) is 6.31. The Hall–Kier alpha value is -3.16. The van der Waals surface area contributed by atoms with E-state index in [4.69, 9.17) is 5.11 Å². The number of hydrogen-bond acceptors (Lipinski definition) is 5. The summed E-state index contributed by atoms with van der Waals surface area (Å²) in [5.41, 5.74) is 0.992. The molecule has 2 aromatic rings. The molecule has 1 aliphatic carbocycles. The number of aliphatic carboxylic acids is 1. The summed E-state index contributed by atoms with van der Waals surface area (Å²) >= 11 is 0. The number of carboxylic acids is 1. The minimum atomic E-state index is -1.24. The number of nitrogens with zero attached hydrogens (tertiary/aromatic N) is 2. The quantitative estimate of drug-likeness (QED) is 0.684. The third-order valence-corrected chi connectivity index (χ3v) is 5.36. The number of carbonyl (C=O) groups excluding carboxylic acids is 1. The van der Waals surface area contributed by atoms with Crippen LogP contribution in [0.15, 0.2) is 29.1 Å². The first-order valence-corrected chi connectivity index (χ1v) is 9.77. The highest BCUT2D eigenvalue weighted by Gasteiger charge is 2.28. The number of rotatable bonds is 6. The summed E-state index contributed by atoms with van der Waals surface area (Å²) in [4.78, 5) is 36.3. The Morgan fingerprint density at radius 3 is 2.55 bits per heavy atom. The van der Waals surface area contributed by atoms with Gasteiger partial charge >= 0.3 is 5.97 Å². The molecule has 0 atom stereocenters. The number of hydrogen-bond donors (Lipinski definition) is 3. The Morgan fingerprint density at radius 2 is 1.90 bits per heavy atom. The number of benzene rings is 1. The van der Waals surface area contributed by atoms with Crippen LogP contribution in [0.25, 0.3) is 0 Å². The molecule has 1 aromatic carbocycles. The molecule has 0 aliphatic heterocycles. The Balaban J connectivity index is 2.08. The third kappa shape index (κ3) is 4.64. The molecular weight excluding hydrogens is 374 g/mol. The van der Waals surface area contributed by atoms with E-state index in [1.54, 1.807) is 0 Å². The van der Waals surface area contributed by atoms with E-state index in [0.29, 0.717) is 5.69 Å². The highest BCUT2D eigenvalue weighted by atomic mass is 16.4. The molecule has 8 heteroatoms. The van der Waals surface area contributed by atoms with Crippen LogP contribution in [0.5, 0.6) is 5.75 Å². The number of nitrogens with one attached hydrogen (secondary N) is 1. The van der Waals surface area contributed by atoms with Gasteiger partial charge in [-0.05, 0) is 30.9 Å². The van der Waals surface area contributed by atoms with Crippen molar-refractivity contribution in [3.05, 3.63) is 57.0 Å². The average molecular weight is 399 g/mol. The molecule has 0 spiro atoms. The minimum absolute atomic E-state index is 0.0431. The van der Waals surface area contributed by atoms with Crippen LogP contribution < -0.4 is 10.9 Å². The zero-order chi connectivity index (χ0) is 21.0. The number of aromatic nitrogens is 2. The molecule has 0 unspecified atom stereocenters. The molecule has 29 heavy (non-hydrogen) atoms. The van der Waals surface area contributed by atoms with E-state index in [-0.39, 0.29) is 12.5 Å². The van der Waals surface area contributed by atoms with Crippen LogP contribution in [0.3, 0.4) is 0 Å². The molecule has 1 fully saturated rings. The summed E-state index contributed by atoms with van der Waals surface area (Å²) < 4.78 is 1.20. The van der Waals surface area contributed by atoms with Gasteiger partial charge in [-0.3, -0.25) is 14.4 Å². The van der Waals surface area contributed by atoms with E-state index >= 15 is 0 Å². The van der Waals surface area contributed by atoms with Crippen molar-refractivity contribution in [3.8, 4) is 5.75 Å². The Labute approximate surface area is 168 Å². The summed E-state index contributed by atoms with van der Waals surface area (Å²) in [6, 6.07) is 7.55. The second-order valence-electron chi connectivity index (χ2n) is 7.41. The van der Waals surface area contributed by atoms with Crippen molar-refractivity contribution in [1.29, 1.82) is 0 Å². The summed E-state index contributed by atoms with van der Waals surface area (Å²) in [5, 5.41) is 26.1. The van der Waals surface area contributed by atoms with Gasteiger partial charge in [0, 0.05) is 5.92 Å². The summed E-state index contributed by atoms with van der Waals surface area (Å²) in [5.74, 6) is -2.63. The lowest BCUT2D eigenvalue weighted by atomic mass is 9.86. The number of aryl methyl sites for hydroxylation is 1. The molecule has 1 amide bonds. The smallest absolute Gasteiger partial charge is 0.322 e. The number of amides is 1. The van der Waals surface area contributed by atoms with Crippen LogP contribution in [0.1, 0.15) is 65.2 Å². The highest BCUT2D eigenvalue weighted by Crippen LogP contribution is 2.36. The van der Waals surface area contributed by atoms with E-state index in [1.807, 2.05) is 31.2 Å². The van der Waals surface area contributed by atoms with Gasteiger partial charge in [-0.1, -0.05) is 43.5 Å². The molecule has 0 radical (unpaired) electrons. The van der Waals surface area contributed by atoms with Gasteiger partial charge in [0.25, 0.3) is 11.5 Å². The second kappa shape index (κ2) is 8.89. The number of aromatic hydroxyl groups is 1. The van der Waals surface area contributed by atoms with Crippen LogP contribution in [0, 0.1) is 6.92 Å². The second-order valence-corrected chi connectivity index (χ2v) is 7.41. The lowest BCUT2D eigenvalue weighted by Crippen LogP contribution is -2.37. The van der Waals surface area contributed by atoms with E-state index in [1.165, 1.54) is 4.68 Å². The third-order valence-electron chi connectivity index (χ3n) is 5.36. The van der Waals surface area contributed by atoms with Crippen molar-refractivity contribution in [2.24, 2.45) is 0 Å². The Morgan fingerprint density at radius 1 is 1.21 bits per heavy atom. The van der Waals surface area contributed by atoms with E-state index in [9.17, 15) is 19.5 Å². The van der Waals surface area contributed by atoms with Gasteiger partial charge < -0.3 is 15.5 Å². The fourth-order valence-electron chi connectivity index (χ4n) is 3.74. The molecule has 0 saturated heterocycles. The molecule has 3 rings (SSSR count). The zero-order valence-corrected chi connectivity index (χ0v) is 16.4.